The Morgan fingerprint density at radius 2 is 1.70 bits per heavy atom. The number of anilines is 1. The highest BCUT2D eigenvalue weighted by atomic mass is 16.1. The van der Waals surface area contributed by atoms with Gasteiger partial charge in [0.05, 0.1) is 0 Å². The lowest BCUT2D eigenvalue weighted by atomic mass is 10.0. The number of nitrogens with two attached hydrogens (primary N) is 1. The zero-order chi connectivity index (χ0) is 14.1. The average molecular weight is 264 g/mol. The van der Waals surface area contributed by atoms with Gasteiger partial charge in [-0.1, -0.05) is 18.2 Å². The first kappa shape index (κ1) is 12.5. The zero-order valence-electron chi connectivity index (χ0n) is 11.3. The Labute approximate surface area is 117 Å². The SMILES string of the molecule is Cc1cc(=O)c2cc(Cc3ccc(N)cc3)ccc2[nH]1. The maximum absolute atomic E-state index is 12.0. The van der Waals surface area contributed by atoms with Crippen molar-refractivity contribution in [2.45, 2.75) is 13.3 Å². The van der Waals surface area contributed by atoms with Crippen LogP contribution in [-0.2, 0) is 6.42 Å². The molecule has 20 heavy (non-hydrogen) atoms. The van der Waals surface area contributed by atoms with E-state index in [1.54, 1.807) is 6.07 Å². The number of pyridine rings is 1. The van der Waals surface area contributed by atoms with Crippen molar-refractivity contribution in [3.05, 3.63) is 75.6 Å². The summed E-state index contributed by atoms with van der Waals surface area (Å²) in [5.74, 6) is 0. The smallest absolute Gasteiger partial charge is 0.189 e. The third kappa shape index (κ3) is 2.43. The van der Waals surface area contributed by atoms with Crippen molar-refractivity contribution < 1.29 is 0 Å². The van der Waals surface area contributed by atoms with Crippen LogP contribution in [0.2, 0.25) is 0 Å². The fourth-order valence-corrected chi connectivity index (χ4v) is 2.41. The molecule has 0 aliphatic rings. The van der Waals surface area contributed by atoms with Gasteiger partial charge in [0.2, 0.25) is 0 Å². The van der Waals surface area contributed by atoms with E-state index in [0.29, 0.717) is 0 Å². The molecule has 0 aliphatic carbocycles. The Kier molecular flexibility index (Phi) is 3.03. The summed E-state index contributed by atoms with van der Waals surface area (Å²) in [6.07, 6.45) is 0.795. The van der Waals surface area contributed by atoms with Crippen LogP contribution in [0, 0.1) is 6.92 Å². The maximum Gasteiger partial charge on any atom is 0.189 e. The van der Waals surface area contributed by atoms with Crippen molar-refractivity contribution in [3.63, 3.8) is 0 Å². The summed E-state index contributed by atoms with van der Waals surface area (Å²) >= 11 is 0. The quantitative estimate of drug-likeness (QED) is 0.699. The summed E-state index contributed by atoms with van der Waals surface area (Å²) in [6, 6.07) is 15.4. The predicted octanol–water partition coefficient (Wildman–Crippen LogP) is 3.01. The van der Waals surface area contributed by atoms with E-state index >= 15 is 0 Å². The summed E-state index contributed by atoms with van der Waals surface area (Å²) in [4.78, 5) is 15.2. The Balaban J connectivity index is 2.01. The summed E-state index contributed by atoms with van der Waals surface area (Å²) in [6.45, 7) is 1.89. The van der Waals surface area contributed by atoms with Crippen molar-refractivity contribution in [1.82, 2.24) is 4.98 Å². The van der Waals surface area contributed by atoms with E-state index in [1.807, 2.05) is 49.4 Å². The van der Waals surface area contributed by atoms with Crippen LogP contribution in [0.25, 0.3) is 10.9 Å². The molecule has 1 aromatic heterocycles. The van der Waals surface area contributed by atoms with Gasteiger partial charge in [0.15, 0.2) is 5.43 Å². The van der Waals surface area contributed by atoms with Gasteiger partial charge in [0, 0.05) is 28.4 Å². The van der Waals surface area contributed by atoms with E-state index in [1.165, 1.54) is 5.56 Å². The van der Waals surface area contributed by atoms with Gasteiger partial charge in [-0.2, -0.15) is 0 Å². The van der Waals surface area contributed by atoms with E-state index in [2.05, 4.69) is 4.98 Å². The number of fused-ring (bicyclic) bond motifs is 1. The highest BCUT2D eigenvalue weighted by molar-refractivity contribution is 5.79. The fourth-order valence-electron chi connectivity index (χ4n) is 2.41. The van der Waals surface area contributed by atoms with Crippen LogP contribution in [0.1, 0.15) is 16.8 Å². The van der Waals surface area contributed by atoms with Crippen molar-refractivity contribution in [2.75, 3.05) is 5.73 Å². The van der Waals surface area contributed by atoms with Gasteiger partial charge in [-0.05, 0) is 48.7 Å². The van der Waals surface area contributed by atoms with Crippen LogP contribution in [-0.4, -0.2) is 4.98 Å². The molecule has 0 radical (unpaired) electrons. The number of rotatable bonds is 2. The fraction of sp³-hybridized carbons (Fsp3) is 0.118. The van der Waals surface area contributed by atoms with Crippen molar-refractivity contribution >= 4 is 16.6 Å². The molecule has 3 rings (SSSR count). The monoisotopic (exact) mass is 264 g/mol. The molecular weight excluding hydrogens is 248 g/mol. The van der Waals surface area contributed by atoms with Gasteiger partial charge in [0.25, 0.3) is 0 Å². The molecule has 0 saturated heterocycles. The minimum atomic E-state index is 0.0652. The number of aryl methyl sites for hydroxylation is 1. The molecule has 0 saturated carbocycles. The van der Waals surface area contributed by atoms with Crippen LogP contribution >= 0.6 is 0 Å². The Morgan fingerprint density at radius 1 is 1.00 bits per heavy atom. The molecule has 0 unspecified atom stereocenters. The first-order valence-electron chi connectivity index (χ1n) is 6.59. The second-order valence-electron chi connectivity index (χ2n) is 5.11. The number of aromatic nitrogens is 1. The van der Waals surface area contributed by atoms with Crippen LogP contribution in [0.3, 0.4) is 0 Å². The first-order chi connectivity index (χ1) is 9.61. The van der Waals surface area contributed by atoms with E-state index in [0.717, 1.165) is 34.3 Å². The second kappa shape index (κ2) is 4.85. The Bertz CT molecular complexity index is 817. The summed E-state index contributed by atoms with van der Waals surface area (Å²) in [5, 5.41) is 0.739. The first-order valence-corrected chi connectivity index (χ1v) is 6.59. The minimum Gasteiger partial charge on any atom is -0.399 e. The number of hydrogen-bond acceptors (Lipinski definition) is 2. The molecule has 3 aromatic rings. The van der Waals surface area contributed by atoms with Crippen molar-refractivity contribution in [2.24, 2.45) is 0 Å². The molecule has 2 aromatic carbocycles. The standard InChI is InChI=1S/C17H16N2O/c1-11-8-17(20)15-10-13(4-7-16(15)19-11)9-12-2-5-14(18)6-3-12/h2-8,10H,9,18H2,1H3,(H,19,20). The van der Waals surface area contributed by atoms with Gasteiger partial charge in [-0.15, -0.1) is 0 Å². The van der Waals surface area contributed by atoms with Crippen LogP contribution in [0.15, 0.2) is 53.3 Å². The normalized spacial score (nSPS) is 10.8. The number of benzene rings is 2. The summed E-state index contributed by atoms with van der Waals surface area (Å²) in [5.41, 5.74) is 10.6. The number of hydrogen-bond donors (Lipinski definition) is 2. The molecule has 100 valence electrons. The molecule has 0 bridgehead atoms. The molecule has 0 spiro atoms. The van der Waals surface area contributed by atoms with Gasteiger partial charge in [-0.3, -0.25) is 4.79 Å². The molecule has 3 N–H and O–H groups in total. The highest BCUT2D eigenvalue weighted by Crippen LogP contribution is 2.16. The number of nitrogen functional groups attached to an aromatic ring is 1. The van der Waals surface area contributed by atoms with Crippen molar-refractivity contribution in [3.8, 4) is 0 Å². The topological polar surface area (TPSA) is 58.9 Å². The molecule has 1 heterocycles. The molecule has 0 aliphatic heterocycles. The molecule has 3 heteroatoms. The number of aromatic amines is 1. The largest absolute Gasteiger partial charge is 0.399 e. The molecule has 0 amide bonds. The van der Waals surface area contributed by atoms with Gasteiger partial charge in [0.1, 0.15) is 0 Å². The molecule has 0 atom stereocenters. The summed E-state index contributed by atoms with van der Waals surface area (Å²) in [7, 11) is 0. The second-order valence-corrected chi connectivity index (χ2v) is 5.11. The lowest BCUT2D eigenvalue weighted by Crippen LogP contribution is -2.03. The minimum absolute atomic E-state index is 0.0652. The lowest BCUT2D eigenvalue weighted by Gasteiger charge is -2.05. The van der Waals surface area contributed by atoms with E-state index < -0.39 is 0 Å². The van der Waals surface area contributed by atoms with Crippen LogP contribution in [0.4, 0.5) is 5.69 Å². The highest BCUT2D eigenvalue weighted by Gasteiger charge is 2.03. The Morgan fingerprint density at radius 3 is 2.45 bits per heavy atom. The van der Waals surface area contributed by atoms with Gasteiger partial charge >= 0.3 is 0 Å². The molecule has 3 nitrogen and oxygen atoms in total. The zero-order valence-corrected chi connectivity index (χ0v) is 11.3. The predicted molar refractivity (Wildman–Crippen MR) is 83.0 cm³/mol. The molecular formula is C17H16N2O. The van der Waals surface area contributed by atoms with Crippen LogP contribution < -0.4 is 11.2 Å². The van der Waals surface area contributed by atoms with E-state index in [9.17, 15) is 4.79 Å². The third-order valence-corrected chi connectivity index (χ3v) is 3.42. The Hall–Kier alpha value is -2.55. The maximum atomic E-state index is 12.0. The summed E-state index contributed by atoms with van der Waals surface area (Å²) < 4.78 is 0. The number of H-pyrrole nitrogens is 1. The van der Waals surface area contributed by atoms with Gasteiger partial charge < -0.3 is 10.7 Å². The van der Waals surface area contributed by atoms with Crippen molar-refractivity contribution in [1.29, 1.82) is 0 Å². The van der Waals surface area contributed by atoms with Gasteiger partial charge in [-0.25, -0.2) is 0 Å². The van der Waals surface area contributed by atoms with E-state index in [-0.39, 0.29) is 5.43 Å². The molecule has 0 fully saturated rings. The number of nitrogens with one attached hydrogen (secondary N) is 1. The third-order valence-electron chi connectivity index (χ3n) is 3.42. The lowest BCUT2D eigenvalue weighted by molar-refractivity contribution is 1.19. The average Bonchev–Trinajstić information content (AvgIpc) is 2.42. The van der Waals surface area contributed by atoms with Crippen LogP contribution in [0.5, 0.6) is 0 Å². The van der Waals surface area contributed by atoms with E-state index in [4.69, 9.17) is 5.73 Å².